The van der Waals surface area contributed by atoms with E-state index in [0.29, 0.717) is 35.6 Å². The maximum Gasteiger partial charge on any atom is 0.243 e. The zero-order valence-corrected chi connectivity index (χ0v) is 11.7. The first kappa shape index (κ1) is 14.1. The lowest BCUT2D eigenvalue weighted by atomic mass is 10.2. The molecule has 0 unspecified atom stereocenters. The third-order valence-corrected chi connectivity index (χ3v) is 2.73. The Morgan fingerprint density at radius 1 is 1.35 bits per heavy atom. The Morgan fingerprint density at radius 2 is 2.10 bits per heavy atom. The maximum absolute atomic E-state index is 8.62. The van der Waals surface area contributed by atoms with Crippen LogP contribution in [0.25, 0.3) is 0 Å². The van der Waals surface area contributed by atoms with Crippen LogP contribution in [0.1, 0.15) is 12.5 Å². The van der Waals surface area contributed by atoms with Crippen molar-refractivity contribution in [3.8, 4) is 17.7 Å². The van der Waals surface area contributed by atoms with Gasteiger partial charge in [0.15, 0.2) is 0 Å². The van der Waals surface area contributed by atoms with Gasteiger partial charge in [0.05, 0.1) is 18.7 Å². The van der Waals surface area contributed by atoms with Crippen LogP contribution in [0.4, 0.5) is 5.95 Å². The molecule has 0 saturated heterocycles. The zero-order chi connectivity index (χ0) is 14.4. The second-order valence-electron chi connectivity index (χ2n) is 3.96. The van der Waals surface area contributed by atoms with E-state index in [2.05, 4.69) is 21.4 Å². The lowest BCUT2D eigenvalue weighted by Crippen LogP contribution is -2.02. The molecule has 1 aromatic carbocycles. The van der Waals surface area contributed by atoms with Gasteiger partial charge in [0.2, 0.25) is 11.8 Å². The summed E-state index contributed by atoms with van der Waals surface area (Å²) >= 11 is 6.01. The Labute approximate surface area is 122 Å². The van der Waals surface area contributed by atoms with Crippen molar-refractivity contribution in [2.24, 2.45) is 0 Å². The van der Waals surface area contributed by atoms with Gasteiger partial charge < -0.3 is 10.1 Å². The van der Waals surface area contributed by atoms with Crippen LogP contribution < -0.4 is 10.1 Å². The van der Waals surface area contributed by atoms with E-state index in [1.165, 1.54) is 6.20 Å². The maximum atomic E-state index is 8.62. The molecule has 0 aliphatic heterocycles. The monoisotopic (exact) mass is 288 g/mol. The van der Waals surface area contributed by atoms with Crippen molar-refractivity contribution in [3.63, 3.8) is 0 Å². The molecule has 0 radical (unpaired) electrons. The Balaban J connectivity index is 2.16. The normalized spacial score (nSPS) is 9.85. The molecule has 0 fully saturated rings. The summed E-state index contributed by atoms with van der Waals surface area (Å²) in [5.74, 6) is 1.37. The number of aromatic nitrogens is 2. The number of nitrogens with zero attached hydrogens (tertiary/aromatic N) is 3. The summed E-state index contributed by atoms with van der Waals surface area (Å²) in [7, 11) is 0. The lowest BCUT2D eigenvalue weighted by Gasteiger charge is -2.08. The van der Waals surface area contributed by atoms with Crippen LogP contribution >= 0.6 is 11.6 Å². The van der Waals surface area contributed by atoms with E-state index < -0.39 is 0 Å². The molecule has 0 aliphatic carbocycles. The molecule has 0 amide bonds. The summed E-state index contributed by atoms with van der Waals surface area (Å²) < 4.78 is 5.62. The Morgan fingerprint density at radius 3 is 2.75 bits per heavy atom. The number of benzene rings is 1. The van der Waals surface area contributed by atoms with Gasteiger partial charge in [-0.2, -0.15) is 10.2 Å². The molecule has 0 bridgehead atoms. The number of rotatable bonds is 5. The van der Waals surface area contributed by atoms with Crippen molar-refractivity contribution < 1.29 is 4.74 Å². The number of hydrogen-bond acceptors (Lipinski definition) is 5. The SMILES string of the molecule is CCNc1ncc(Cl)c(Oc2ccc(CC#N)cc2)n1. The zero-order valence-electron chi connectivity index (χ0n) is 10.9. The predicted molar refractivity (Wildman–Crippen MR) is 77.0 cm³/mol. The quantitative estimate of drug-likeness (QED) is 0.913. The van der Waals surface area contributed by atoms with E-state index in [-0.39, 0.29) is 0 Å². The average molecular weight is 289 g/mol. The number of anilines is 1. The first-order valence-corrected chi connectivity index (χ1v) is 6.51. The third kappa shape index (κ3) is 3.59. The fraction of sp³-hybridized carbons (Fsp3) is 0.214. The lowest BCUT2D eigenvalue weighted by molar-refractivity contribution is 0.462. The summed E-state index contributed by atoms with van der Waals surface area (Å²) in [6.45, 7) is 2.66. The Bertz CT molecular complexity index is 622. The number of nitriles is 1. The Hall–Kier alpha value is -2.32. The van der Waals surface area contributed by atoms with Gasteiger partial charge in [-0.15, -0.1) is 0 Å². The molecule has 1 heterocycles. The molecule has 0 atom stereocenters. The molecule has 0 aliphatic rings. The smallest absolute Gasteiger partial charge is 0.243 e. The van der Waals surface area contributed by atoms with Crippen molar-refractivity contribution in [2.75, 3.05) is 11.9 Å². The standard InChI is InChI=1S/C14H13ClN4O/c1-2-17-14-18-9-12(15)13(19-14)20-11-5-3-10(4-6-11)7-8-16/h3-6,9H,2,7H2,1H3,(H,17,18,19). The van der Waals surface area contributed by atoms with Crippen molar-refractivity contribution in [1.29, 1.82) is 5.26 Å². The predicted octanol–water partition coefficient (Wildman–Crippen LogP) is 3.42. The summed E-state index contributed by atoms with van der Waals surface area (Å²) in [5.41, 5.74) is 0.932. The van der Waals surface area contributed by atoms with E-state index >= 15 is 0 Å². The van der Waals surface area contributed by atoms with E-state index in [0.717, 1.165) is 5.56 Å². The topological polar surface area (TPSA) is 70.8 Å². The average Bonchev–Trinajstić information content (AvgIpc) is 2.45. The fourth-order valence-electron chi connectivity index (χ4n) is 1.54. The van der Waals surface area contributed by atoms with Gasteiger partial charge in [-0.05, 0) is 24.6 Å². The van der Waals surface area contributed by atoms with E-state index in [1.54, 1.807) is 12.1 Å². The molecule has 0 saturated carbocycles. The van der Waals surface area contributed by atoms with Crippen molar-refractivity contribution >= 4 is 17.5 Å². The second kappa shape index (κ2) is 6.73. The summed E-state index contributed by atoms with van der Waals surface area (Å²) in [5, 5.41) is 11.9. The van der Waals surface area contributed by atoms with Gasteiger partial charge in [-0.25, -0.2) is 4.98 Å². The van der Waals surface area contributed by atoms with Gasteiger partial charge in [-0.3, -0.25) is 0 Å². The van der Waals surface area contributed by atoms with Gasteiger partial charge in [0, 0.05) is 6.54 Å². The molecule has 5 nitrogen and oxygen atoms in total. The first-order valence-electron chi connectivity index (χ1n) is 6.13. The van der Waals surface area contributed by atoms with Crippen LogP contribution in [0, 0.1) is 11.3 Å². The highest BCUT2D eigenvalue weighted by Crippen LogP contribution is 2.27. The minimum absolute atomic E-state index is 0.297. The number of hydrogen-bond donors (Lipinski definition) is 1. The minimum Gasteiger partial charge on any atom is -0.437 e. The van der Waals surface area contributed by atoms with Gasteiger partial charge in [0.1, 0.15) is 10.8 Å². The third-order valence-electron chi connectivity index (χ3n) is 2.47. The first-order chi connectivity index (χ1) is 9.72. The number of halogens is 1. The number of nitrogens with one attached hydrogen (secondary N) is 1. The molecule has 102 valence electrons. The van der Waals surface area contributed by atoms with Crippen molar-refractivity contribution in [3.05, 3.63) is 41.0 Å². The molecule has 6 heteroatoms. The molecule has 0 spiro atoms. The van der Waals surface area contributed by atoms with Gasteiger partial charge in [-0.1, -0.05) is 23.7 Å². The molecule has 2 aromatic rings. The summed E-state index contributed by atoms with van der Waals surface area (Å²) in [6.07, 6.45) is 1.87. The molecular weight excluding hydrogens is 276 g/mol. The van der Waals surface area contributed by atoms with Crippen LogP contribution in [-0.4, -0.2) is 16.5 Å². The second-order valence-corrected chi connectivity index (χ2v) is 4.37. The van der Waals surface area contributed by atoms with E-state index in [4.69, 9.17) is 21.6 Å². The van der Waals surface area contributed by atoms with Gasteiger partial charge >= 0.3 is 0 Å². The van der Waals surface area contributed by atoms with Gasteiger partial charge in [0.25, 0.3) is 0 Å². The van der Waals surface area contributed by atoms with Crippen LogP contribution in [0.2, 0.25) is 5.02 Å². The molecule has 2 rings (SSSR count). The Kier molecular flexibility index (Phi) is 4.75. The summed E-state index contributed by atoms with van der Waals surface area (Å²) in [6, 6.07) is 9.31. The number of ether oxygens (including phenoxy) is 1. The summed E-state index contributed by atoms with van der Waals surface area (Å²) in [4.78, 5) is 8.23. The molecule has 1 N–H and O–H groups in total. The van der Waals surface area contributed by atoms with Crippen LogP contribution in [0.15, 0.2) is 30.5 Å². The fourth-order valence-corrected chi connectivity index (χ4v) is 1.67. The highest BCUT2D eigenvalue weighted by molar-refractivity contribution is 6.31. The largest absolute Gasteiger partial charge is 0.437 e. The van der Waals surface area contributed by atoms with Crippen LogP contribution in [0.5, 0.6) is 11.6 Å². The van der Waals surface area contributed by atoms with Crippen molar-refractivity contribution in [2.45, 2.75) is 13.3 Å². The highest BCUT2D eigenvalue weighted by atomic mass is 35.5. The molecule has 1 aromatic heterocycles. The van der Waals surface area contributed by atoms with E-state index in [1.807, 2.05) is 19.1 Å². The van der Waals surface area contributed by atoms with Crippen molar-refractivity contribution in [1.82, 2.24) is 9.97 Å². The molecule has 20 heavy (non-hydrogen) atoms. The van der Waals surface area contributed by atoms with Crippen LogP contribution in [-0.2, 0) is 6.42 Å². The minimum atomic E-state index is 0.297. The molecular formula is C14H13ClN4O. The van der Waals surface area contributed by atoms with Crippen LogP contribution in [0.3, 0.4) is 0 Å². The highest BCUT2D eigenvalue weighted by Gasteiger charge is 2.07. The van der Waals surface area contributed by atoms with E-state index in [9.17, 15) is 0 Å².